The average molecular weight is 274 g/mol. The first-order chi connectivity index (χ1) is 9.31. The van der Waals surface area contributed by atoms with Crippen molar-refractivity contribution in [2.24, 2.45) is 5.73 Å². The van der Waals surface area contributed by atoms with Crippen LogP contribution in [0.25, 0.3) is 21.7 Å². The van der Waals surface area contributed by atoms with Gasteiger partial charge in [0.05, 0.1) is 12.3 Å². The second kappa shape index (κ2) is 5.13. The Bertz CT molecular complexity index is 669. The highest BCUT2D eigenvalue weighted by Crippen LogP contribution is 2.32. The van der Waals surface area contributed by atoms with Gasteiger partial charge < -0.3 is 14.9 Å². The molecule has 0 spiro atoms. The summed E-state index contributed by atoms with van der Waals surface area (Å²) in [4.78, 5) is 5.60. The molecule has 0 atom stereocenters. The highest BCUT2D eigenvalue weighted by Gasteiger charge is 2.14. The van der Waals surface area contributed by atoms with E-state index in [1.54, 1.807) is 18.4 Å². The van der Waals surface area contributed by atoms with Crippen LogP contribution in [-0.2, 0) is 17.9 Å². The summed E-state index contributed by atoms with van der Waals surface area (Å²) in [6.07, 6.45) is 0. The van der Waals surface area contributed by atoms with Crippen molar-refractivity contribution < 1.29 is 9.15 Å². The Balaban J connectivity index is 2.05. The molecule has 3 rings (SSSR count). The summed E-state index contributed by atoms with van der Waals surface area (Å²) < 4.78 is 10.9. The monoisotopic (exact) mass is 274 g/mol. The number of para-hydroxylation sites is 1. The maximum atomic E-state index is 5.81. The first-order valence-electron chi connectivity index (χ1n) is 5.98. The van der Waals surface area contributed by atoms with E-state index >= 15 is 0 Å². The molecule has 2 heterocycles. The number of hydrogen-bond acceptors (Lipinski definition) is 5. The van der Waals surface area contributed by atoms with Gasteiger partial charge in [-0.1, -0.05) is 18.2 Å². The number of nitrogens with zero attached hydrogens (tertiary/aromatic N) is 1. The van der Waals surface area contributed by atoms with Gasteiger partial charge in [0, 0.05) is 23.9 Å². The van der Waals surface area contributed by atoms with Crippen molar-refractivity contribution in [3.63, 3.8) is 0 Å². The van der Waals surface area contributed by atoms with Crippen molar-refractivity contribution >= 4 is 22.3 Å². The molecule has 98 valence electrons. The summed E-state index contributed by atoms with van der Waals surface area (Å²) in [6, 6.07) is 9.93. The van der Waals surface area contributed by atoms with Crippen LogP contribution in [0.3, 0.4) is 0 Å². The molecule has 0 saturated heterocycles. The summed E-state index contributed by atoms with van der Waals surface area (Å²) >= 11 is 1.56. The number of hydrogen-bond donors (Lipinski definition) is 1. The molecule has 5 heteroatoms. The van der Waals surface area contributed by atoms with Crippen LogP contribution in [0.1, 0.15) is 10.6 Å². The molecule has 0 bridgehead atoms. The van der Waals surface area contributed by atoms with Crippen molar-refractivity contribution in [1.29, 1.82) is 0 Å². The van der Waals surface area contributed by atoms with Crippen LogP contribution >= 0.6 is 11.3 Å². The van der Waals surface area contributed by atoms with E-state index in [1.807, 2.05) is 30.3 Å². The Hall–Kier alpha value is -1.69. The molecule has 0 saturated carbocycles. The normalized spacial score (nSPS) is 11.3. The maximum absolute atomic E-state index is 5.81. The van der Waals surface area contributed by atoms with Crippen LogP contribution in [0, 0.1) is 0 Å². The minimum absolute atomic E-state index is 0.469. The zero-order valence-corrected chi connectivity index (χ0v) is 11.4. The first-order valence-corrected chi connectivity index (χ1v) is 6.80. The number of furan rings is 1. The van der Waals surface area contributed by atoms with E-state index in [4.69, 9.17) is 14.9 Å². The number of ether oxygens (including phenoxy) is 1. The zero-order chi connectivity index (χ0) is 13.2. The number of rotatable bonds is 4. The molecule has 0 aliphatic rings. The third-order valence-electron chi connectivity index (χ3n) is 2.88. The molecular weight excluding hydrogens is 260 g/mol. The van der Waals surface area contributed by atoms with E-state index in [2.05, 4.69) is 4.98 Å². The van der Waals surface area contributed by atoms with E-state index in [9.17, 15) is 0 Å². The minimum Gasteiger partial charge on any atom is -0.454 e. The van der Waals surface area contributed by atoms with E-state index in [1.165, 1.54) is 0 Å². The van der Waals surface area contributed by atoms with Gasteiger partial charge in [-0.2, -0.15) is 0 Å². The highest BCUT2D eigenvalue weighted by atomic mass is 32.1. The average Bonchev–Trinajstić information content (AvgIpc) is 3.02. The zero-order valence-electron chi connectivity index (χ0n) is 10.6. The third kappa shape index (κ3) is 2.28. The van der Waals surface area contributed by atoms with Gasteiger partial charge in [0.25, 0.3) is 0 Å². The van der Waals surface area contributed by atoms with Crippen molar-refractivity contribution in [3.8, 4) is 10.8 Å². The van der Waals surface area contributed by atoms with Gasteiger partial charge in [-0.15, -0.1) is 11.3 Å². The van der Waals surface area contributed by atoms with Crippen molar-refractivity contribution in [1.82, 2.24) is 4.98 Å². The highest BCUT2D eigenvalue weighted by molar-refractivity contribution is 7.15. The molecule has 0 aliphatic carbocycles. The Labute approximate surface area is 114 Å². The van der Waals surface area contributed by atoms with Crippen LogP contribution in [0.2, 0.25) is 0 Å². The van der Waals surface area contributed by atoms with Gasteiger partial charge >= 0.3 is 0 Å². The lowest BCUT2D eigenvalue weighted by Gasteiger charge is -1.95. The standard InChI is InChI=1S/C14H14N2O2S/c1-17-8-10-13(7-15)19-14(16-10)12-6-9-4-2-3-5-11(9)18-12/h2-6H,7-8,15H2,1H3. The summed E-state index contributed by atoms with van der Waals surface area (Å²) in [5.41, 5.74) is 7.50. The number of fused-ring (bicyclic) bond motifs is 1. The summed E-state index contributed by atoms with van der Waals surface area (Å²) in [7, 11) is 1.65. The lowest BCUT2D eigenvalue weighted by molar-refractivity contribution is 0.181. The van der Waals surface area contributed by atoms with E-state index in [0.29, 0.717) is 13.2 Å². The van der Waals surface area contributed by atoms with Crippen LogP contribution in [-0.4, -0.2) is 12.1 Å². The Morgan fingerprint density at radius 2 is 2.21 bits per heavy atom. The van der Waals surface area contributed by atoms with Crippen LogP contribution < -0.4 is 5.73 Å². The summed E-state index contributed by atoms with van der Waals surface area (Å²) in [5.74, 6) is 0.781. The molecule has 0 unspecified atom stereocenters. The van der Waals surface area contributed by atoms with Crippen molar-refractivity contribution in [2.75, 3.05) is 7.11 Å². The fourth-order valence-corrected chi connectivity index (χ4v) is 2.88. The van der Waals surface area contributed by atoms with Crippen LogP contribution in [0.4, 0.5) is 0 Å². The molecule has 0 fully saturated rings. The molecule has 2 aromatic heterocycles. The molecule has 4 nitrogen and oxygen atoms in total. The second-order valence-corrected chi connectivity index (χ2v) is 5.26. The number of aromatic nitrogens is 1. The molecule has 0 amide bonds. The van der Waals surface area contributed by atoms with Crippen LogP contribution in [0.15, 0.2) is 34.7 Å². The largest absolute Gasteiger partial charge is 0.454 e. The Kier molecular flexibility index (Phi) is 3.33. The van der Waals surface area contributed by atoms with Crippen molar-refractivity contribution in [2.45, 2.75) is 13.2 Å². The first kappa shape index (κ1) is 12.3. The molecule has 3 aromatic rings. The third-order valence-corrected chi connectivity index (χ3v) is 4.02. The van der Waals surface area contributed by atoms with Gasteiger partial charge in [0.2, 0.25) is 0 Å². The lowest BCUT2D eigenvalue weighted by Crippen LogP contribution is -1.99. The SMILES string of the molecule is COCc1nc(-c2cc3ccccc3o2)sc1CN. The van der Waals surface area contributed by atoms with Crippen molar-refractivity contribution in [3.05, 3.63) is 40.9 Å². The van der Waals surface area contributed by atoms with Crippen LogP contribution in [0.5, 0.6) is 0 Å². The van der Waals surface area contributed by atoms with Gasteiger partial charge in [0.15, 0.2) is 10.8 Å². The molecule has 0 aliphatic heterocycles. The van der Waals surface area contributed by atoms with Gasteiger partial charge in [-0.05, 0) is 12.1 Å². The Morgan fingerprint density at radius 3 is 2.95 bits per heavy atom. The Morgan fingerprint density at radius 1 is 1.37 bits per heavy atom. The van der Waals surface area contributed by atoms with E-state index in [0.717, 1.165) is 32.3 Å². The number of methoxy groups -OCH3 is 1. The minimum atomic E-state index is 0.469. The fourth-order valence-electron chi connectivity index (χ4n) is 1.98. The number of benzene rings is 1. The number of nitrogens with two attached hydrogens (primary N) is 1. The molecule has 0 radical (unpaired) electrons. The lowest BCUT2D eigenvalue weighted by atomic mass is 10.2. The summed E-state index contributed by atoms with van der Waals surface area (Å²) in [5, 5.41) is 1.93. The summed E-state index contributed by atoms with van der Waals surface area (Å²) in [6.45, 7) is 0.944. The molecule has 2 N–H and O–H groups in total. The quantitative estimate of drug-likeness (QED) is 0.793. The predicted octanol–water partition coefficient (Wildman–Crippen LogP) is 3.16. The van der Waals surface area contributed by atoms with Gasteiger partial charge in [0.1, 0.15) is 5.58 Å². The number of thiazole rings is 1. The molecule has 19 heavy (non-hydrogen) atoms. The van der Waals surface area contributed by atoms with Gasteiger partial charge in [-0.3, -0.25) is 0 Å². The predicted molar refractivity (Wildman–Crippen MR) is 75.9 cm³/mol. The maximum Gasteiger partial charge on any atom is 0.164 e. The van der Waals surface area contributed by atoms with Gasteiger partial charge in [-0.25, -0.2) is 4.98 Å². The van der Waals surface area contributed by atoms with E-state index in [-0.39, 0.29) is 0 Å². The molecule has 1 aromatic carbocycles. The van der Waals surface area contributed by atoms with E-state index < -0.39 is 0 Å². The fraction of sp³-hybridized carbons (Fsp3) is 0.214. The smallest absolute Gasteiger partial charge is 0.164 e. The molecular formula is C14H14N2O2S. The topological polar surface area (TPSA) is 61.3 Å². The second-order valence-electron chi connectivity index (χ2n) is 4.17.